The number of nitrogens with zero attached hydrogens (tertiary/aromatic N) is 1. The van der Waals surface area contributed by atoms with E-state index in [1.807, 2.05) is 6.92 Å². The first-order chi connectivity index (χ1) is 8.65. The standard InChI is InChI=1S/C15H29NO2/c1-4-16(9-10-18-5-2)12-15(13-17)8-6-7-14(3)11-15/h13-14H,4-12H2,1-3H3. The zero-order valence-electron chi connectivity index (χ0n) is 12.3. The molecule has 0 saturated heterocycles. The summed E-state index contributed by atoms with van der Waals surface area (Å²) in [5, 5.41) is 0. The molecule has 0 N–H and O–H groups in total. The van der Waals surface area contributed by atoms with Crippen molar-refractivity contribution in [2.75, 3.05) is 32.8 Å². The third kappa shape index (κ3) is 4.69. The number of hydrogen-bond donors (Lipinski definition) is 0. The van der Waals surface area contributed by atoms with E-state index in [9.17, 15) is 4.79 Å². The zero-order chi connectivity index (χ0) is 13.4. The first-order valence-electron chi connectivity index (χ1n) is 7.42. The van der Waals surface area contributed by atoms with Gasteiger partial charge in [0.25, 0.3) is 0 Å². The second kappa shape index (κ2) is 7.90. The molecule has 1 aliphatic carbocycles. The summed E-state index contributed by atoms with van der Waals surface area (Å²) in [5.74, 6) is 0.689. The molecule has 106 valence electrons. The molecule has 2 unspecified atom stereocenters. The molecule has 0 bridgehead atoms. The molecule has 1 fully saturated rings. The van der Waals surface area contributed by atoms with Gasteiger partial charge in [0.05, 0.1) is 6.61 Å². The molecule has 1 aliphatic rings. The predicted octanol–water partition coefficient (Wildman–Crippen LogP) is 2.74. The van der Waals surface area contributed by atoms with Crippen LogP contribution in [0.15, 0.2) is 0 Å². The maximum atomic E-state index is 11.6. The van der Waals surface area contributed by atoms with Gasteiger partial charge in [0.1, 0.15) is 6.29 Å². The van der Waals surface area contributed by atoms with Gasteiger partial charge in [0, 0.05) is 25.1 Å². The quantitative estimate of drug-likeness (QED) is 0.493. The van der Waals surface area contributed by atoms with E-state index in [1.54, 1.807) is 0 Å². The lowest BCUT2D eigenvalue weighted by Crippen LogP contribution is -2.43. The van der Waals surface area contributed by atoms with E-state index in [4.69, 9.17) is 4.74 Å². The summed E-state index contributed by atoms with van der Waals surface area (Å²) in [4.78, 5) is 13.9. The molecule has 0 aromatic carbocycles. The van der Waals surface area contributed by atoms with Gasteiger partial charge in [0.15, 0.2) is 0 Å². The van der Waals surface area contributed by atoms with Crippen LogP contribution in [-0.4, -0.2) is 44.0 Å². The van der Waals surface area contributed by atoms with E-state index in [-0.39, 0.29) is 5.41 Å². The minimum absolute atomic E-state index is 0.0973. The van der Waals surface area contributed by atoms with Crippen LogP contribution in [0, 0.1) is 11.3 Å². The summed E-state index contributed by atoms with van der Waals surface area (Å²) in [7, 11) is 0. The fraction of sp³-hybridized carbons (Fsp3) is 0.933. The number of ether oxygens (including phenoxy) is 1. The van der Waals surface area contributed by atoms with Crippen molar-refractivity contribution in [1.82, 2.24) is 4.90 Å². The van der Waals surface area contributed by atoms with Gasteiger partial charge in [-0.25, -0.2) is 0 Å². The second-order valence-electron chi connectivity index (χ2n) is 5.75. The molecule has 0 aromatic heterocycles. The molecule has 3 heteroatoms. The summed E-state index contributed by atoms with van der Waals surface area (Å²) in [5.41, 5.74) is -0.0973. The Morgan fingerprint density at radius 2 is 2.22 bits per heavy atom. The molecule has 0 aliphatic heterocycles. The minimum atomic E-state index is -0.0973. The summed E-state index contributed by atoms with van der Waals surface area (Å²) in [6, 6.07) is 0. The van der Waals surface area contributed by atoms with Crippen LogP contribution in [0.2, 0.25) is 0 Å². The summed E-state index contributed by atoms with van der Waals surface area (Å²) in [6.45, 7) is 10.8. The van der Waals surface area contributed by atoms with E-state index in [1.165, 1.54) is 19.1 Å². The smallest absolute Gasteiger partial charge is 0.127 e. The fourth-order valence-corrected chi connectivity index (χ4v) is 3.12. The molecule has 1 rings (SSSR count). The van der Waals surface area contributed by atoms with Gasteiger partial charge < -0.3 is 14.4 Å². The van der Waals surface area contributed by atoms with Gasteiger partial charge in [0.2, 0.25) is 0 Å². The highest BCUT2D eigenvalue weighted by molar-refractivity contribution is 5.60. The van der Waals surface area contributed by atoms with Crippen molar-refractivity contribution in [3.05, 3.63) is 0 Å². The van der Waals surface area contributed by atoms with Crippen LogP contribution in [0.4, 0.5) is 0 Å². The maximum absolute atomic E-state index is 11.6. The number of aldehydes is 1. The number of carbonyl (C=O) groups is 1. The molecular formula is C15H29NO2. The topological polar surface area (TPSA) is 29.5 Å². The van der Waals surface area contributed by atoms with E-state index >= 15 is 0 Å². The molecule has 3 nitrogen and oxygen atoms in total. The van der Waals surface area contributed by atoms with E-state index in [0.29, 0.717) is 5.92 Å². The number of likely N-dealkylation sites (N-methyl/N-ethyl adjacent to an activating group) is 1. The molecule has 0 amide bonds. The van der Waals surface area contributed by atoms with Gasteiger partial charge in [-0.2, -0.15) is 0 Å². The lowest BCUT2D eigenvalue weighted by atomic mass is 9.70. The SMILES string of the molecule is CCOCCN(CC)CC1(C=O)CCCC(C)C1. The summed E-state index contributed by atoms with van der Waals surface area (Å²) in [6.07, 6.45) is 5.82. The van der Waals surface area contributed by atoms with Crippen LogP contribution < -0.4 is 0 Å². The van der Waals surface area contributed by atoms with Crippen molar-refractivity contribution in [2.24, 2.45) is 11.3 Å². The number of rotatable bonds is 8. The lowest BCUT2D eigenvalue weighted by Gasteiger charge is -2.39. The van der Waals surface area contributed by atoms with Crippen LogP contribution in [0.3, 0.4) is 0 Å². The average Bonchev–Trinajstić information content (AvgIpc) is 2.38. The molecule has 0 radical (unpaired) electrons. The highest BCUT2D eigenvalue weighted by atomic mass is 16.5. The van der Waals surface area contributed by atoms with E-state index in [2.05, 4.69) is 18.7 Å². The Morgan fingerprint density at radius 3 is 2.78 bits per heavy atom. The molecule has 0 spiro atoms. The monoisotopic (exact) mass is 255 g/mol. The lowest BCUT2D eigenvalue weighted by molar-refractivity contribution is -0.120. The normalized spacial score (nSPS) is 28.6. The Kier molecular flexibility index (Phi) is 6.87. The number of carbonyl (C=O) groups excluding carboxylic acids is 1. The van der Waals surface area contributed by atoms with Crippen LogP contribution in [0.25, 0.3) is 0 Å². The molecule has 18 heavy (non-hydrogen) atoms. The minimum Gasteiger partial charge on any atom is -0.380 e. The van der Waals surface area contributed by atoms with Crippen molar-refractivity contribution in [3.8, 4) is 0 Å². The average molecular weight is 255 g/mol. The second-order valence-corrected chi connectivity index (χ2v) is 5.75. The predicted molar refractivity (Wildman–Crippen MR) is 74.7 cm³/mol. The zero-order valence-corrected chi connectivity index (χ0v) is 12.3. The van der Waals surface area contributed by atoms with Crippen molar-refractivity contribution >= 4 is 6.29 Å². The molecule has 1 saturated carbocycles. The van der Waals surface area contributed by atoms with Crippen molar-refractivity contribution in [1.29, 1.82) is 0 Å². The summed E-state index contributed by atoms with van der Waals surface area (Å²) < 4.78 is 5.41. The highest BCUT2D eigenvalue weighted by Gasteiger charge is 2.35. The van der Waals surface area contributed by atoms with Gasteiger partial charge in [-0.15, -0.1) is 0 Å². The molecular weight excluding hydrogens is 226 g/mol. The van der Waals surface area contributed by atoms with Gasteiger partial charge in [-0.1, -0.05) is 26.7 Å². The Hall–Kier alpha value is -0.410. The Labute approximate surface area is 112 Å². The van der Waals surface area contributed by atoms with Gasteiger partial charge in [-0.3, -0.25) is 0 Å². The van der Waals surface area contributed by atoms with E-state index < -0.39 is 0 Å². The van der Waals surface area contributed by atoms with Crippen molar-refractivity contribution < 1.29 is 9.53 Å². The highest BCUT2D eigenvalue weighted by Crippen LogP contribution is 2.38. The summed E-state index contributed by atoms with van der Waals surface area (Å²) >= 11 is 0. The molecule has 0 aromatic rings. The Morgan fingerprint density at radius 1 is 1.44 bits per heavy atom. The van der Waals surface area contributed by atoms with Crippen LogP contribution >= 0.6 is 0 Å². The first-order valence-corrected chi connectivity index (χ1v) is 7.42. The van der Waals surface area contributed by atoms with Crippen LogP contribution in [0.5, 0.6) is 0 Å². The maximum Gasteiger partial charge on any atom is 0.127 e. The van der Waals surface area contributed by atoms with Gasteiger partial charge >= 0.3 is 0 Å². The first kappa shape index (κ1) is 15.6. The van der Waals surface area contributed by atoms with Crippen molar-refractivity contribution in [2.45, 2.75) is 46.5 Å². The van der Waals surface area contributed by atoms with Crippen LogP contribution in [0.1, 0.15) is 46.5 Å². The molecule has 0 heterocycles. The van der Waals surface area contributed by atoms with Gasteiger partial charge in [-0.05, 0) is 32.2 Å². The third-order valence-electron chi connectivity index (χ3n) is 4.12. The van der Waals surface area contributed by atoms with E-state index in [0.717, 1.165) is 45.7 Å². The number of hydrogen-bond acceptors (Lipinski definition) is 3. The molecule has 2 atom stereocenters. The third-order valence-corrected chi connectivity index (χ3v) is 4.12. The Bertz CT molecular complexity index is 245. The largest absolute Gasteiger partial charge is 0.380 e. The van der Waals surface area contributed by atoms with Crippen LogP contribution in [-0.2, 0) is 9.53 Å². The van der Waals surface area contributed by atoms with Crippen molar-refractivity contribution in [3.63, 3.8) is 0 Å². The fourth-order valence-electron chi connectivity index (χ4n) is 3.12. The Balaban J connectivity index is 2.50.